The molecule has 0 bridgehead atoms. The van der Waals surface area contributed by atoms with Crippen LogP contribution in [0.5, 0.6) is 0 Å². The minimum Gasteiger partial charge on any atom is -0.479 e. The molecular formula is C54H77N5O17. The van der Waals surface area contributed by atoms with Gasteiger partial charge in [0.25, 0.3) is 5.69 Å². The lowest BCUT2D eigenvalue weighted by Gasteiger charge is -2.48. The Labute approximate surface area is 442 Å². The van der Waals surface area contributed by atoms with Gasteiger partial charge < -0.3 is 78.7 Å². The summed E-state index contributed by atoms with van der Waals surface area (Å²) in [5, 5.41) is 80.2. The first-order valence-corrected chi connectivity index (χ1v) is 27.1. The van der Waals surface area contributed by atoms with Crippen LogP contribution in [0.25, 0.3) is 10.9 Å². The maximum atomic E-state index is 14.1. The second-order valence-corrected chi connectivity index (χ2v) is 21.4. The molecule has 3 saturated heterocycles. The molecule has 0 unspecified atom stereocenters. The SMILES string of the molecule is C[C@@H]1O[C@@H](O[C@@H]2[C@@H](C)C[C@@H](C(=O)NCCCN3CCN(CCCn4ccc5cc([N+](=O)[O-])ccc54)CC3)C[C@H]2O[C@@H]2O[C@H](CO)[C@H](O)[C@H](O[C@@H](CC3CCCCC3)C(=O)O)[C@H]2OC(=O)c2ccccc2)[C@@H](O)[C@H](O)[C@@H]1O. The summed E-state index contributed by atoms with van der Waals surface area (Å²) < 4.78 is 39.7. The number of amides is 1. The van der Waals surface area contributed by atoms with E-state index >= 15 is 0 Å². The number of hydrogen-bond donors (Lipinski definition) is 7. The molecule has 420 valence electrons. The van der Waals surface area contributed by atoms with Crippen molar-refractivity contribution in [3.8, 4) is 0 Å². The van der Waals surface area contributed by atoms with Crippen molar-refractivity contribution in [2.24, 2.45) is 17.8 Å². The molecule has 5 aliphatic rings. The lowest BCUT2D eigenvalue weighted by molar-refractivity contribution is -0.384. The zero-order valence-electron chi connectivity index (χ0n) is 43.4. The molecule has 22 heteroatoms. The summed E-state index contributed by atoms with van der Waals surface area (Å²) in [5.74, 6) is -3.48. The number of aryl methyl sites for hydroxylation is 1. The fraction of sp³-hybridized carbons (Fsp3) is 0.685. The van der Waals surface area contributed by atoms with Crippen LogP contribution >= 0.6 is 0 Å². The number of aromatic nitrogens is 1. The maximum absolute atomic E-state index is 14.1. The molecule has 2 aliphatic carbocycles. The number of rotatable bonds is 22. The van der Waals surface area contributed by atoms with E-state index in [0.29, 0.717) is 19.4 Å². The Bertz CT molecular complexity index is 2370. The van der Waals surface area contributed by atoms with Crippen LogP contribution < -0.4 is 5.32 Å². The number of nitro benzene ring substituents is 1. The van der Waals surface area contributed by atoms with Crippen LogP contribution in [0.1, 0.15) is 88.4 Å². The van der Waals surface area contributed by atoms with Crippen LogP contribution in [-0.2, 0) is 44.6 Å². The van der Waals surface area contributed by atoms with E-state index in [1.54, 1.807) is 30.3 Å². The van der Waals surface area contributed by atoms with Gasteiger partial charge in [0.05, 0.1) is 35.4 Å². The number of nitrogens with zero attached hydrogens (tertiary/aromatic N) is 4. The number of nitro groups is 1. The predicted octanol–water partition coefficient (Wildman–Crippen LogP) is 2.82. The fourth-order valence-corrected chi connectivity index (χ4v) is 11.7. The molecule has 2 aromatic carbocycles. The molecule has 0 radical (unpaired) electrons. The van der Waals surface area contributed by atoms with E-state index in [4.69, 9.17) is 28.4 Å². The van der Waals surface area contributed by atoms with E-state index in [-0.39, 0.29) is 40.8 Å². The summed E-state index contributed by atoms with van der Waals surface area (Å²) in [6, 6.07) is 14.8. The number of hydrogen-bond acceptors (Lipinski definition) is 18. The van der Waals surface area contributed by atoms with Crippen LogP contribution in [0.2, 0.25) is 0 Å². The van der Waals surface area contributed by atoms with Crippen LogP contribution in [0, 0.1) is 27.9 Å². The molecule has 2 saturated carbocycles. The van der Waals surface area contributed by atoms with Gasteiger partial charge in [-0.05, 0) is 88.2 Å². The van der Waals surface area contributed by atoms with Gasteiger partial charge >= 0.3 is 11.9 Å². The van der Waals surface area contributed by atoms with Gasteiger partial charge in [-0.2, -0.15) is 0 Å². The number of carboxylic acids is 1. The molecule has 1 aromatic heterocycles. The Hall–Kier alpha value is -4.69. The number of ether oxygens (including phenoxy) is 6. The second kappa shape index (κ2) is 26.8. The van der Waals surface area contributed by atoms with Crippen molar-refractivity contribution in [1.82, 2.24) is 19.7 Å². The number of fused-ring (bicyclic) bond motifs is 1. The maximum Gasteiger partial charge on any atom is 0.338 e. The van der Waals surface area contributed by atoms with Crippen LogP contribution in [0.15, 0.2) is 60.8 Å². The number of non-ortho nitro benzene ring substituents is 1. The first-order valence-electron chi connectivity index (χ1n) is 27.1. The van der Waals surface area contributed by atoms with E-state index in [1.807, 2.05) is 19.2 Å². The number of carboxylic acid groups (broad SMARTS) is 1. The number of benzene rings is 2. The lowest BCUT2D eigenvalue weighted by atomic mass is 9.77. The molecule has 4 heterocycles. The molecular weight excluding hydrogens is 991 g/mol. The topological polar surface area (TPSA) is 295 Å². The highest BCUT2D eigenvalue weighted by molar-refractivity contribution is 5.89. The van der Waals surface area contributed by atoms with Gasteiger partial charge in [0.2, 0.25) is 5.91 Å². The van der Waals surface area contributed by atoms with Crippen LogP contribution in [-0.4, -0.2) is 200 Å². The molecule has 7 N–H and O–H groups in total. The highest BCUT2D eigenvalue weighted by Crippen LogP contribution is 2.39. The third-order valence-corrected chi connectivity index (χ3v) is 16.1. The molecule has 76 heavy (non-hydrogen) atoms. The van der Waals surface area contributed by atoms with Crippen molar-refractivity contribution in [2.75, 3.05) is 52.4 Å². The van der Waals surface area contributed by atoms with Crippen LogP contribution in [0.3, 0.4) is 0 Å². The highest BCUT2D eigenvalue weighted by atomic mass is 16.7. The zero-order chi connectivity index (χ0) is 54.0. The van der Waals surface area contributed by atoms with Crippen LogP contribution in [0.4, 0.5) is 5.69 Å². The van der Waals surface area contributed by atoms with Gasteiger partial charge in [-0.3, -0.25) is 14.9 Å². The summed E-state index contributed by atoms with van der Waals surface area (Å²) in [4.78, 5) is 56.5. The van der Waals surface area contributed by atoms with Gasteiger partial charge in [-0.1, -0.05) is 57.2 Å². The molecule has 5 fully saturated rings. The lowest BCUT2D eigenvalue weighted by Crippen LogP contribution is -2.64. The van der Waals surface area contributed by atoms with Crippen molar-refractivity contribution in [2.45, 2.75) is 164 Å². The normalized spacial score (nSPS) is 32.4. The summed E-state index contributed by atoms with van der Waals surface area (Å²) >= 11 is 0. The number of aliphatic carboxylic acids is 1. The third kappa shape index (κ3) is 14.3. The molecule has 0 spiro atoms. The Kier molecular flexibility index (Phi) is 20.3. The minimum absolute atomic E-state index is 0.00590. The monoisotopic (exact) mass is 1070 g/mol. The molecule has 1 amide bonds. The number of aliphatic hydroxyl groups excluding tert-OH is 5. The Balaban J connectivity index is 0.923. The van der Waals surface area contributed by atoms with Crippen molar-refractivity contribution >= 4 is 34.4 Å². The predicted molar refractivity (Wildman–Crippen MR) is 273 cm³/mol. The Morgan fingerprint density at radius 1 is 0.803 bits per heavy atom. The van der Waals surface area contributed by atoms with Crippen molar-refractivity contribution in [3.63, 3.8) is 0 Å². The number of aliphatic hydroxyl groups is 5. The Morgan fingerprint density at radius 2 is 1.51 bits per heavy atom. The molecule has 3 aliphatic heterocycles. The standard InChI is InChI=1S/C54H77N5O17/c1-32-27-37(50(65)55-18-9-19-56-23-25-57(26-24-56)20-10-21-58-22-17-36-29-38(59(69)70)15-16-39(36)58)30-40(47(32)76-53-46(64)45(63)43(61)33(2)71-53)73-54-49(75-52(68)35-13-7-4-8-14-35)48(44(62)42(31-60)74-54)72-41(51(66)67)28-34-11-5-3-6-12-34/h4,7-8,13-17,22,29,32-34,37,40-49,53-54,60-64H,3,5-6,9-12,18-21,23-28,30-31H2,1-2H3,(H,55,65)(H,66,67)/t32-,33-,37+,40+,41-,42+,43+,44-,45+,46-,47+,48-,49+,53-,54+/m0/s1. The van der Waals surface area contributed by atoms with E-state index < -0.39 is 110 Å². The highest BCUT2D eigenvalue weighted by Gasteiger charge is 2.54. The number of nitrogens with one attached hydrogen (secondary N) is 1. The average Bonchev–Trinajstić information content (AvgIpc) is 3.83. The quantitative estimate of drug-likeness (QED) is 0.0329. The number of carbonyl (C=O) groups excluding carboxylic acids is 2. The minimum atomic E-state index is -1.69. The van der Waals surface area contributed by atoms with E-state index in [0.717, 1.165) is 95.2 Å². The largest absolute Gasteiger partial charge is 0.479 e. The second-order valence-electron chi connectivity index (χ2n) is 21.4. The summed E-state index contributed by atoms with van der Waals surface area (Å²) in [6.45, 7) is 9.03. The average molecular weight is 1070 g/mol. The third-order valence-electron chi connectivity index (χ3n) is 16.1. The fourth-order valence-electron chi connectivity index (χ4n) is 11.7. The summed E-state index contributed by atoms with van der Waals surface area (Å²) in [6.07, 6.45) is -9.96. The molecule has 3 aromatic rings. The zero-order valence-corrected chi connectivity index (χ0v) is 43.4. The first-order chi connectivity index (χ1) is 36.6. The van der Waals surface area contributed by atoms with Gasteiger partial charge in [0.1, 0.15) is 36.6 Å². The smallest absolute Gasteiger partial charge is 0.338 e. The van der Waals surface area contributed by atoms with E-state index in [2.05, 4.69) is 19.7 Å². The van der Waals surface area contributed by atoms with Gasteiger partial charge in [-0.15, -0.1) is 0 Å². The summed E-state index contributed by atoms with van der Waals surface area (Å²) in [5.41, 5.74) is 1.18. The van der Waals surface area contributed by atoms with E-state index in [9.17, 15) is 55.1 Å². The number of piperazine rings is 1. The van der Waals surface area contributed by atoms with Crippen molar-refractivity contribution in [1.29, 1.82) is 0 Å². The number of esters is 1. The molecule has 15 atom stereocenters. The van der Waals surface area contributed by atoms with Gasteiger partial charge in [-0.25, -0.2) is 9.59 Å². The Morgan fingerprint density at radius 3 is 2.20 bits per heavy atom. The van der Waals surface area contributed by atoms with Crippen molar-refractivity contribution < 1.29 is 78.4 Å². The van der Waals surface area contributed by atoms with Crippen molar-refractivity contribution in [3.05, 3.63) is 76.5 Å². The molecule has 8 rings (SSSR count). The van der Waals surface area contributed by atoms with Gasteiger partial charge in [0.15, 0.2) is 24.8 Å². The van der Waals surface area contributed by atoms with Gasteiger partial charge in [0, 0.05) is 74.4 Å². The summed E-state index contributed by atoms with van der Waals surface area (Å²) in [7, 11) is 0. The molecule has 22 nitrogen and oxygen atoms in total. The first kappa shape index (κ1) is 57.5. The van der Waals surface area contributed by atoms with E-state index in [1.165, 1.54) is 25.1 Å². The number of carbonyl (C=O) groups is 3.